The first-order chi connectivity index (χ1) is 8.16. The average molecular weight is 249 g/mol. The fraction of sp³-hybridized carbons (Fsp3) is 0.182. The molecular formula is C11H11N3O2S. The minimum absolute atomic E-state index is 0.299. The van der Waals surface area contributed by atoms with Crippen molar-refractivity contribution in [1.29, 1.82) is 0 Å². The molecule has 0 atom stereocenters. The second-order valence-electron chi connectivity index (χ2n) is 3.42. The van der Waals surface area contributed by atoms with Crippen molar-refractivity contribution >= 4 is 17.7 Å². The molecule has 1 aromatic heterocycles. The van der Waals surface area contributed by atoms with Crippen LogP contribution in [-0.4, -0.2) is 25.8 Å². The molecule has 0 fully saturated rings. The van der Waals surface area contributed by atoms with E-state index in [-0.39, 0.29) is 0 Å². The van der Waals surface area contributed by atoms with Crippen molar-refractivity contribution in [3.63, 3.8) is 0 Å². The zero-order valence-corrected chi connectivity index (χ0v) is 10.0. The van der Waals surface area contributed by atoms with Crippen molar-refractivity contribution < 1.29 is 9.90 Å². The van der Waals surface area contributed by atoms with Crippen LogP contribution in [0.4, 0.5) is 0 Å². The Morgan fingerprint density at radius 2 is 2.12 bits per heavy atom. The minimum atomic E-state index is -0.908. The Bertz CT molecular complexity index is 522. The van der Waals surface area contributed by atoms with Crippen LogP contribution in [-0.2, 0) is 12.8 Å². The van der Waals surface area contributed by atoms with E-state index in [1.54, 1.807) is 40.7 Å². The molecule has 17 heavy (non-hydrogen) atoms. The lowest BCUT2D eigenvalue weighted by atomic mass is 10.2. The Morgan fingerprint density at radius 3 is 2.65 bits per heavy atom. The second-order valence-corrected chi connectivity index (χ2v) is 4.47. The maximum absolute atomic E-state index is 10.7. The number of hydrogen-bond acceptors (Lipinski definition) is 4. The van der Waals surface area contributed by atoms with E-state index < -0.39 is 5.97 Å². The lowest BCUT2D eigenvalue weighted by molar-refractivity contribution is 0.0697. The third-order valence-corrected chi connectivity index (χ3v) is 3.28. The van der Waals surface area contributed by atoms with Crippen LogP contribution in [0.3, 0.4) is 0 Å². The molecule has 2 rings (SSSR count). The number of aromatic carboxylic acids is 1. The Balaban J connectivity index is 2.00. The van der Waals surface area contributed by atoms with Gasteiger partial charge in [-0.25, -0.2) is 9.78 Å². The quantitative estimate of drug-likeness (QED) is 0.837. The summed E-state index contributed by atoms with van der Waals surface area (Å²) >= 11 is 1.60. The molecule has 0 bridgehead atoms. The summed E-state index contributed by atoms with van der Waals surface area (Å²) in [5.74, 6) is 0.690. The molecule has 1 aromatic carbocycles. The SMILES string of the molecule is Cn1ncnc1CSc1ccc(C(=O)O)cc1. The summed E-state index contributed by atoms with van der Waals surface area (Å²) in [6.07, 6.45) is 1.52. The van der Waals surface area contributed by atoms with Gasteiger partial charge in [0, 0.05) is 11.9 Å². The van der Waals surface area contributed by atoms with Gasteiger partial charge in [-0.2, -0.15) is 5.10 Å². The van der Waals surface area contributed by atoms with E-state index in [2.05, 4.69) is 10.1 Å². The van der Waals surface area contributed by atoms with Gasteiger partial charge in [0.1, 0.15) is 12.2 Å². The van der Waals surface area contributed by atoms with Crippen molar-refractivity contribution in [3.8, 4) is 0 Å². The molecule has 2 aromatic rings. The van der Waals surface area contributed by atoms with Gasteiger partial charge >= 0.3 is 5.97 Å². The summed E-state index contributed by atoms with van der Waals surface area (Å²) in [5, 5.41) is 12.7. The molecule has 0 saturated heterocycles. The summed E-state index contributed by atoms with van der Waals surface area (Å²) in [6, 6.07) is 6.79. The van der Waals surface area contributed by atoms with Gasteiger partial charge in [0.2, 0.25) is 0 Å². The van der Waals surface area contributed by atoms with Crippen LogP contribution >= 0.6 is 11.8 Å². The Labute approximate surface area is 102 Å². The topological polar surface area (TPSA) is 68.0 Å². The number of nitrogens with zero attached hydrogens (tertiary/aromatic N) is 3. The highest BCUT2D eigenvalue weighted by Crippen LogP contribution is 2.21. The number of carboxylic acid groups (broad SMARTS) is 1. The van der Waals surface area contributed by atoms with Crippen LogP contribution in [0, 0.1) is 0 Å². The molecule has 0 radical (unpaired) electrons. The van der Waals surface area contributed by atoms with E-state index in [4.69, 9.17) is 5.11 Å². The van der Waals surface area contributed by atoms with Crippen LogP contribution < -0.4 is 0 Å². The van der Waals surface area contributed by atoms with Gasteiger partial charge in [-0.05, 0) is 24.3 Å². The van der Waals surface area contributed by atoms with Crippen LogP contribution in [0.15, 0.2) is 35.5 Å². The van der Waals surface area contributed by atoms with Gasteiger partial charge in [0.25, 0.3) is 0 Å². The molecule has 88 valence electrons. The van der Waals surface area contributed by atoms with Crippen LogP contribution in [0.25, 0.3) is 0 Å². The van der Waals surface area contributed by atoms with E-state index in [0.717, 1.165) is 10.7 Å². The molecule has 0 unspecified atom stereocenters. The highest BCUT2D eigenvalue weighted by molar-refractivity contribution is 7.98. The minimum Gasteiger partial charge on any atom is -0.478 e. The third-order valence-electron chi connectivity index (χ3n) is 2.27. The van der Waals surface area contributed by atoms with Crippen LogP contribution in [0.2, 0.25) is 0 Å². The molecule has 0 aliphatic heterocycles. The van der Waals surface area contributed by atoms with E-state index >= 15 is 0 Å². The lowest BCUT2D eigenvalue weighted by Gasteiger charge is -2.01. The molecular weight excluding hydrogens is 238 g/mol. The Morgan fingerprint density at radius 1 is 1.41 bits per heavy atom. The lowest BCUT2D eigenvalue weighted by Crippen LogP contribution is -1.97. The van der Waals surface area contributed by atoms with Gasteiger partial charge in [-0.3, -0.25) is 4.68 Å². The monoisotopic (exact) mass is 249 g/mol. The van der Waals surface area contributed by atoms with E-state index in [9.17, 15) is 4.79 Å². The molecule has 0 aliphatic rings. The summed E-state index contributed by atoms with van der Waals surface area (Å²) in [5.41, 5.74) is 0.299. The molecule has 1 heterocycles. The van der Waals surface area contributed by atoms with Gasteiger partial charge in [0.15, 0.2) is 0 Å². The normalized spacial score (nSPS) is 10.4. The van der Waals surface area contributed by atoms with Crippen molar-refractivity contribution in [1.82, 2.24) is 14.8 Å². The first-order valence-electron chi connectivity index (χ1n) is 4.96. The van der Waals surface area contributed by atoms with Crippen LogP contribution in [0.1, 0.15) is 16.2 Å². The summed E-state index contributed by atoms with van der Waals surface area (Å²) in [7, 11) is 1.84. The van der Waals surface area contributed by atoms with Crippen molar-refractivity contribution in [2.45, 2.75) is 10.6 Å². The molecule has 0 aliphatic carbocycles. The summed E-state index contributed by atoms with van der Waals surface area (Å²) in [4.78, 5) is 15.8. The number of aromatic nitrogens is 3. The number of benzene rings is 1. The Kier molecular flexibility index (Phi) is 3.43. The fourth-order valence-corrected chi connectivity index (χ4v) is 2.18. The number of thioether (sulfide) groups is 1. The molecule has 0 saturated carbocycles. The zero-order valence-electron chi connectivity index (χ0n) is 9.20. The van der Waals surface area contributed by atoms with Crippen molar-refractivity contribution in [2.24, 2.45) is 7.05 Å². The van der Waals surface area contributed by atoms with E-state index in [0.29, 0.717) is 11.3 Å². The largest absolute Gasteiger partial charge is 0.478 e. The number of aryl methyl sites for hydroxylation is 1. The number of rotatable bonds is 4. The fourth-order valence-electron chi connectivity index (χ4n) is 1.29. The molecule has 1 N–H and O–H groups in total. The number of carboxylic acids is 1. The van der Waals surface area contributed by atoms with Gasteiger partial charge in [-0.1, -0.05) is 0 Å². The molecule has 6 heteroatoms. The van der Waals surface area contributed by atoms with E-state index in [1.807, 2.05) is 7.05 Å². The smallest absolute Gasteiger partial charge is 0.335 e. The average Bonchev–Trinajstić information content (AvgIpc) is 2.73. The van der Waals surface area contributed by atoms with E-state index in [1.165, 1.54) is 6.33 Å². The standard InChI is InChI=1S/C11H11N3O2S/c1-14-10(12-7-13-14)6-17-9-4-2-8(3-5-9)11(15)16/h2-5,7H,6H2,1H3,(H,15,16). The number of carbonyl (C=O) groups is 1. The van der Waals surface area contributed by atoms with Crippen molar-refractivity contribution in [3.05, 3.63) is 42.0 Å². The maximum atomic E-state index is 10.7. The summed E-state index contributed by atoms with van der Waals surface area (Å²) in [6.45, 7) is 0. The predicted octanol–water partition coefficient (Wildman–Crippen LogP) is 1.81. The Hall–Kier alpha value is -1.82. The van der Waals surface area contributed by atoms with Gasteiger partial charge in [0.05, 0.1) is 11.3 Å². The number of hydrogen-bond donors (Lipinski definition) is 1. The zero-order chi connectivity index (χ0) is 12.3. The molecule has 0 spiro atoms. The first-order valence-corrected chi connectivity index (χ1v) is 5.94. The third kappa shape index (κ3) is 2.85. The molecule has 5 nitrogen and oxygen atoms in total. The van der Waals surface area contributed by atoms with Crippen LogP contribution in [0.5, 0.6) is 0 Å². The maximum Gasteiger partial charge on any atom is 0.335 e. The highest BCUT2D eigenvalue weighted by Gasteiger charge is 2.04. The first kappa shape index (κ1) is 11.7. The summed E-state index contributed by atoms with van der Waals surface area (Å²) < 4.78 is 1.72. The second kappa shape index (κ2) is 5.01. The van der Waals surface area contributed by atoms with Crippen molar-refractivity contribution in [2.75, 3.05) is 0 Å². The highest BCUT2D eigenvalue weighted by atomic mass is 32.2. The predicted molar refractivity (Wildman–Crippen MR) is 64.0 cm³/mol. The van der Waals surface area contributed by atoms with Gasteiger partial charge in [-0.15, -0.1) is 11.8 Å². The molecule has 0 amide bonds. The van der Waals surface area contributed by atoms with Gasteiger partial charge < -0.3 is 5.11 Å².